The van der Waals surface area contributed by atoms with Crippen LogP contribution in [-0.2, 0) is 6.42 Å². The molecule has 0 N–H and O–H groups in total. The van der Waals surface area contributed by atoms with Crippen LogP contribution in [0.15, 0.2) is 267 Å². The molecule has 0 radical (unpaired) electrons. The minimum atomic E-state index is 0.0641. The lowest BCUT2D eigenvalue weighted by atomic mass is 9.95. The number of nitrogens with zero attached hydrogens (tertiary/aromatic N) is 4. The number of benzene rings is 9. The van der Waals surface area contributed by atoms with Gasteiger partial charge in [0.1, 0.15) is 0 Å². The summed E-state index contributed by atoms with van der Waals surface area (Å²) in [7, 11) is 0. The third kappa shape index (κ3) is 8.61. The average molecular weight is 903 g/mol. The zero-order chi connectivity index (χ0) is 46.6. The van der Waals surface area contributed by atoms with E-state index in [2.05, 4.69) is 287 Å². The van der Waals surface area contributed by atoms with Crippen LogP contribution >= 0.6 is 0 Å². The third-order valence-electron chi connectivity index (χ3n) is 14.0. The molecule has 338 valence electrons. The summed E-state index contributed by atoms with van der Waals surface area (Å²) >= 11 is 0. The molecule has 12 rings (SSSR count). The van der Waals surface area contributed by atoms with Crippen LogP contribution < -0.4 is 19.6 Å². The first-order valence-corrected chi connectivity index (χ1v) is 24.7. The topological polar surface area (TPSA) is 13.0 Å². The predicted molar refractivity (Wildman–Crippen MR) is 298 cm³/mol. The molecule has 70 heavy (non-hydrogen) atoms. The van der Waals surface area contributed by atoms with Crippen LogP contribution in [0.5, 0.6) is 0 Å². The number of hydrogen-bond donors (Lipinski definition) is 0. The van der Waals surface area contributed by atoms with Gasteiger partial charge in [-0.2, -0.15) is 0 Å². The smallest absolute Gasteiger partial charge is 0.0561 e. The van der Waals surface area contributed by atoms with E-state index in [9.17, 15) is 0 Å². The van der Waals surface area contributed by atoms with E-state index < -0.39 is 0 Å². The van der Waals surface area contributed by atoms with Gasteiger partial charge in [-0.15, -0.1) is 0 Å². The molecule has 9 aromatic carbocycles. The van der Waals surface area contributed by atoms with E-state index in [1.807, 2.05) is 0 Å². The van der Waals surface area contributed by atoms with Gasteiger partial charge in [0.05, 0.1) is 12.1 Å². The van der Waals surface area contributed by atoms with E-state index in [1.54, 1.807) is 0 Å². The number of anilines is 9. The number of allylic oxidation sites excluding steroid dienone is 4. The molecular weight excluding hydrogens is 849 g/mol. The molecule has 4 nitrogen and oxygen atoms in total. The Morgan fingerprint density at radius 3 is 1.39 bits per heavy atom. The van der Waals surface area contributed by atoms with Crippen molar-refractivity contribution in [3.63, 3.8) is 0 Å². The molecular formula is C66H54N4. The summed E-state index contributed by atoms with van der Waals surface area (Å²) in [6, 6.07) is 77.7. The summed E-state index contributed by atoms with van der Waals surface area (Å²) in [5, 5.41) is 4.89. The molecule has 0 amide bonds. The van der Waals surface area contributed by atoms with Gasteiger partial charge < -0.3 is 19.6 Å². The van der Waals surface area contributed by atoms with Crippen molar-refractivity contribution in [3.8, 4) is 0 Å². The van der Waals surface area contributed by atoms with Crippen molar-refractivity contribution in [2.45, 2.75) is 37.8 Å². The fraction of sp³-hybridized carbons (Fsp3) is 0.0909. The Labute approximate surface area is 412 Å². The minimum Gasteiger partial charge on any atom is -0.335 e. The summed E-state index contributed by atoms with van der Waals surface area (Å²) < 4.78 is 0. The van der Waals surface area contributed by atoms with Gasteiger partial charge in [-0.05, 0) is 174 Å². The largest absolute Gasteiger partial charge is 0.335 e. The van der Waals surface area contributed by atoms with Gasteiger partial charge in [0, 0.05) is 56.9 Å². The lowest BCUT2D eigenvalue weighted by Gasteiger charge is -2.38. The van der Waals surface area contributed by atoms with Crippen molar-refractivity contribution in [1.82, 2.24) is 0 Å². The molecule has 4 heteroatoms. The summed E-state index contributed by atoms with van der Waals surface area (Å²) in [6.07, 6.45) is 24.8. The third-order valence-corrected chi connectivity index (χ3v) is 14.0. The Bertz CT molecular complexity index is 3290. The van der Waals surface area contributed by atoms with Crippen molar-refractivity contribution < 1.29 is 0 Å². The molecule has 3 aliphatic carbocycles. The van der Waals surface area contributed by atoms with E-state index in [-0.39, 0.29) is 12.1 Å². The zero-order valence-corrected chi connectivity index (χ0v) is 39.2. The van der Waals surface area contributed by atoms with Crippen LogP contribution in [0.3, 0.4) is 0 Å². The number of para-hydroxylation sites is 2. The average Bonchev–Trinajstić information content (AvgIpc) is 3.43. The highest BCUT2D eigenvalue weighted by molar-refractivity contribution is 5.91. The van der Waals surface area contributed by atoms with Crippen molar-refractivity contribution in [2.75, 3.05) is 19.6 Å². The number of hydrogen-bond acceptors (Lipinski definition) is 4. The lowest BCUT2D eigenvalue weighted by molar-refractivity contribution is 0.732. The molecule has 0 heterocycles. The summed E-state index contributed by atoms with van der Waals surface area (Å²) in [4.78, 5) is 9.78. The van der Waals surface area contributed by atoms with Gasteiger partial charge in [0.15, 0.2) is 0 Å². The Morgan fingerprint density at radius 2 is 0.843 bits per heavy atom. The van der Waals surface area contributed by atoms with Crippen molar-refractivity contribution in [2.24, 2.45) is 0 Å². The Hall–Kier alpha value is -8.60. The van der Waals surface area contributed by atoms with Crippen LogP contribution in [0, 0.1) is 0 Å². The lowest BCUT2D eigenvalue weighted by Crippen LogP contribution is -2.36. The molecule has 2 atom stereocenters. The van der Waals surface area contributed by atoms with Crippen molar-refractivity contribution >= 4 is 78.8 Å². The highest BCUT2D eigenvalue weighted by Gasteiger charge is 2.27. The van der Waals surface area contributed by atoms with Gasteiger partial charge in [-0.1, -0.05) is 152 Å². The van der Waals surface area contributed by atoms with E-state index in [0.717, 1.165) is 71.2 Å². The normalized spacial score (nSPS) is 15.9. The molecule has 0 bridgehead atoms. The highest BCUT2D eigenvalue weighted by Crippen LogP contribution is 2.42. The molecule has 0 aromatic heterocycles. The summed E-state index contributed by atoms with van der Waals surface area (Å²) in [6.45, 7) is 0. The monoisotopic (exact) mass is 902 g/mol. The van der Waals surface area contributed by atoms with E-state index in [4.69, 9.17) is 0 Å². The SMILES string of the molecule is C1=CCC(N(C2=CCC(N(c3ccc(N(c4ccccc4)c4ccc5ccccc5c4)cc3)c3ccc(N(c4ccccc4)c4ccc5ccccc5c4)cc3)C=C2)c2ccc3c(c2)CCC=C3)C=C1. The van der Waals surface area contributed by atoms with Crippen LogP contribution in [0.2, 0.25) is 0 Å². The molecule has 2 unspecified atom stereocenters. The highest BCUT2D eigenvalue weighted by atomic mass is 15.2. The van der Waals surface area contributed by atoms with Gasteiger partial charge in [0.2, 0.25) is 0 Å². The second kappa shape index (κ2) is 19.2. The van der Waals surface area contributed by atoms with Crippen molar-refractivity contribution in [3.05, 3.63) is 278 Å². The molecule has 0 saturated carbocycles. The summed E-state index contributed by atoms with van der Waals surface area (Å²) in [5.41, 5.74) is 14.2. The maximum Gasteiger partial charge on any atom is 0.0561 e. The first-order chi connectivity index (χ1) is 34.7. The van der Waals surface area contributed by atoms with Crippen LogP contribution in [-0.4, -0.2) is 12.1 Å². The maximum absolute atomic E-state index is 2.55. The Morgan fingerprint density at radius 1 is 0.343 bits per heavy atom. The Kier molecular flexibility index (Phi) is 11.7. The molecule has 0 fully saturated rings. The zero-order valence-electron chi connectivity index (χ0n) is 39.2. The number of aryl methyl sites for hydroxylation is 1. The van der Waals surface area contributed by atoms with Crippen LogP contribution in [0.4, 0.5) is 51.2 Å². The number of fused-ring (bicyclic) bond motifs is 3. The van der Waals surface area contributed by atoms with Crippen LogP contribution in [0.1, 0.15) is 30.4 Å². The molecule has 0 saturated heterocycles. The van der Waals surface area contributed by atoms with Gasteiger partial charge >= 0.3 is 0 Å². The van der Waals surface area contributed by atoms with Gasteiger partial charge in [0.25, 0.3) is 0 Å². The minimum absolute atomic E-state index is 0.0641. The molecule has 3 aliphatic rings. The Balaban J connectivity index is 0.925. The van der Waals surface area contributed by atoms with Crippen LogP contribution in [0.25, 0.3) is 27.6 Å². The molecule has 0 aliphatic heterocycles. The maximum atomic E-state index is 2.55. The molecule has 0 spiro atoms. The van der Waals surface area contributed by atoms with E-state index >= 15 is 0 Å². The summed E-state index contributed by atoms with van der Waals surface area (Å²) in [5.74, 6) is 0. The van der Waals surface area contributed by atoms with Gasteiger partial charge in [-0.25, -0.2) is 0 Å². The fourth-order valence-electron chi connectivity index (χ4n) is 10.6. The standard InChI is InChI=1S/C66H54N4/c1-4-22-55(23-5-1)68(64-31-28-49-16-10-13-19-52(49)46-64)61-40-34-58(35-41-61)67(59-36-42-62(43-37-59)69(56-24-6-2-7-25-56)65-32-29-50-17-11-14-20-53(50)47-65)60-38-44-63(45-39-60)70(57-26-8-3-9-27-57)66-33-30-51-18-12-15-21-54(51)48-66/h1-14,16-20,22-26,28-38,40-48,57,60H,15,21,27,39H2. The van der Waals surface area contributed by atoms with E-state index in [1.165, 1.54) is 44.1 Å². The second-order valence-corrected chi connectivity index (χ2v) is 18.4. The first kappa shape index (κ1) is 42.7. The van der Waals surface area contributed by atoms with Crippen molar-refractivity contribution in [1.29, 1.82) is 0 Å². The van der Waals surface area contributed by atoms with Gasteiger partial charge in [-0.3, -0.25) is 0 Å². The second-order valence-electron chi connectivity index (χ2n) is 18.4. The quantitative estimate of drug-likeness (QED) is 0.121. The number of rotatable bonds is 12. The fourth-order valence-corrected chi connectivity index (χ4v) is 10.6. The molecule has 9 aromatic rings. The first-order valence-electron chi connectivity index (χ1n) is 24.7. The predicted octanol–water partition coefficient (Wildman–Crippen LogP) is 17.6. The van der Waals surface area contributed by atoms with E-state index in [0.29, 0.717) is 0 Å².